The first-order chi connectivity index (χ1) is 14.0. The number of nitrogens with zero attached hydrogens (tertiary/aromatic N) is 2. The standard InChI is InChI=1S/C21H19ClFN3O2S/c22-20-8-7-19(29-20)18(27)6-4-14-12-17(25-28-14)15-5-3-13(11-16(15)23)21(24)26-9-1-2-10-26/h3,5,7-8,11-12,24H,1-2,4,6,9-10H2. The topological polar surface area (TPSA) is 70.2 Å². The summed E-state index contributed by atoms with van der Waals surface area (Å²) in [7, 11) is 0. The van der Waals surface area contributed by atoms with E-state index in [-0.39, 0.29) is 12.2 Å². The first kappa shape index (κ1) is 19.8. The molecule has 0 atom stereocenters. The quantitative estimate of drug-likeness (QED) is 0.321. The van der Waals surface area contributed by atoms with Crippen LogP contribution in [0.25, 0.3) is 11.3 Å². The van der Waals surface area contributed by atoms with E-state index in [0.717, 1.165) is 25.9 Å². The van der Waals surface area contributed by atoms with E-state index in [4.69, 9.17) is 21.5 Å². The van der Waals surface area contributed by atoms with Crippen LogP contribution < -0.4 is 0 Å². The summed E-state index contributed by atoms with van der Waals surface area (Å²) in [4.78, 5) is 14.7. The Labute approximate surface area is 176 Å². The number of carbonyl (C=O) groups excluding carboxylic acids is 1. The number of amidine groups is 1. The van der Waals surface area contributed by atoms with Gasteiger partial charge in [0.25, 0.3) is 0 Å². The Bertz CT molecular complexity index is 1060. The number of rotatable bonds is 6. The smallest absolute Gasteiger partial charge is 0.173 e. The lowest BCUT2D eigenvalue weighted by Crippen LogP contribution is -2.27. The SMILES string of the molecule is N=C(c1ccc(-c2cc(CCC(=O)c3ccc(Cl)s3)on2)c(F)c1)N1CCCC1. The number of nitrogens with one attached hydrogen (secondary N) is 1. The summed E-state index contributed by atoms with van der Waals surface area (Å²) in [6, 6.07) is 9.78. The summed E-state index contributed by atoms with van der Waals surface area (Å²) in [5, 5.41) is 12.2. The molecule has 1 aliphatic rings. The second kappa shape index (κ2) is 8.47. The van der Waals surface area contributed by atoms with E-state index in [9.17, 15) is 9.18 Å². The number of hydrogen-bond acceptors (Lipinski definition) is 5. The Morgan fingerprint density at radius 3 is 2.72 bits per heavy atom. The maximum atomic E-state index is 14.7. The summed E-state index contributed by atoms with van der Waals surface area (Å²) in [6.07, 6.45) is 2.76. The van der Waals surface area contributed by atoms with Gasteiger partial charge < -0.3 is 9.42 Å². The molecule has 0 amide bonds. The van der Waals surface area contributed by atoms with Crippen LogP contribution in [0.3, 0.4) is 0 Å². The van der Waals surface area contributed by atoms with Crippen molar-refractivity contribution < 1.29 is 13.7 Å². The Kier molecular flexibility index (Phi) is 5.78. The van der Waals surface area contributed by atoms with Gasteiger partial charge in [-0.25, -0.2) is 4.39 Å². The van der Waals surface area contributed by atoms with Crippen LogP contribution in [0.5, 0.6) is 0 Å². The third-order valence-electron chi connectivity index (χ3n) is 4.95. The fourth-order valence-electron chi connectivity index (χ4n) is 3.38. The minimum atomic E-state index is -0.449. The van der Waals surface area contributed by atoms with E-state index in [0.29, 0.717) is 44.1 Å². The first-order valence-electron chi connectivity index (χ1n) is 9.39. The molecule has 1 aromatic carbocycles. The molecule has 0 saturated carbocycles. The number of ketones is 1. The first-order valence-corrected chi connectivity index (χ1v) is 10.6. The molecule has 1 fully saturated rings. The molecule has 0 aliphatic carbocycles. The number of halogens is 2. The lowest BCUT2D eigenvalue weighted by molar-refractivity contribution is 0.0984. The van der Waals surface area contributed by atoms with E-state index in [1.54, 1.807) is 30.3 Å². The number of aryl methyl sites for hydroxylation is 1. The monoisotopic (exact) mass is 431 g/mol. The maximum Gasteiger partial charge on any atom is 0.173 e. The number of carbonyl (C=O) groups is 1. The number of thiophene rings is 1. The Hall–Kier alpha value is -2.51. The molecule has 3 aromatic rings. The number of benzene rings is 1. The molecule has 1 N–H and O–H groups in total. The minimum absolute atomic E-state index is 0.0178. The molecule has 150 valence electrons. The number of hydrogen-bond donors (Lipinski definition) is 1. The number of likely N-dealkylation sites (tertiary alicyclic amines) is 1. The van der Waals surface area contributed by atoms with Crippen molar-refractivity contribution in [2.24, 2.45) is 0 Å². The lowest BCUT2D eigenvalue weighted by atomic mass is 10.1. The summed E-state index contributed by atoms with van der Waals surface area (Å²) in [5.41, 5.74) is 1.25. The molecule has 2 aromatic heterocycles. The van der Waals surface area contributed by atoms with Crippen LogP contribution in [-0.2, 0) is 6.42 Å². The van der Waals surface area contributed by atoms with Crippen molar-refractivity contribution in [3.8, 4) is 11.3 Å². The molecule has 1 saturated heterocycles. The van der Waals surface area contributed by atoms with Crippen molar-refractivity contribution in [3.63, 3.8) is 0 Å². The van der Waals surface area contributed by atoms with Gasteiger partial charge in [0.15, 0.2) is 5.78 Å². The maximum absolute atomic E-state index is 14.7. The van der Waals surface area contributed by atoms with Gasteiger partial charge >= 0.3 is 0 Å². The predicted octanol–water partition coefficient (Wildman–Crippen LogP) is 5.43. The molecular weight excluding hydrogens is 413 g/mol. The molecule has 0 bridgehead atoms. The number of aromatic nitrogens is 1. The van der Waals surface area contributed by atoms with E-state index in [2.05, 4.69) is 5.16 Å². The van der Waals surface area contributed by atoms with Gasteiger partial charge in [0.2, 0.25) is 0 Å². The molecule has 8 heteroatoms. The normalized spacial score (nSPS) is 13.8. The van der Waals surface area contributed by atoms with Crippen LogP contribution in [0.1, 0.15) is 40.3 Å². The van der Waals surface area contributed by atoms with Crippen molar-refractivity contribution >= 4 is 34.6 Å². The second-order valence-corrected chi connectivity index (χ2v) is 8.66. The molecule has 0 unspecified atom stereocenters. The third-order valence-corrected chi connectivity index (χ3v) is 6.22. The van der Waals surface area contributed by atoms with Gasteiger partial charge in [-0.1, -0.05) is 22.8 Å². The summed E-state index contributed by atoms with van der Waals surface area (Å²) in [6.45, 7) is 1.68. The molecule has 1 aliphatic heterocycles. The van der Waals surface area contributed by atoms with Crippen molar-refractivity contribution in [1.29, 1.82) is 5.41 Å². The Balaban J connectivity index is 1.43. The summed E-state index contributed by atoms with van der Waals surface area (Å²) in [5.74, 6) is 0.400. The average Bonchev–Trinajstić information content (AvgIpc) is 3.47. The molecule has 4 rings (SSSR count). The summed E-state index contributed by atoms with van der Waals surface area (Å²) < 4.78 is 20.5. The second-order valence-electron chi connectivity index (χ2n) is 6.94. The van der Waals surface area contributed by atoms with Crippen LogP contribution in [0.4, 0.5) is 4.39 Å². The fourth-order valence-corrected chi connectivity index (χ4v) is 4.39. The van der Waals surface area contributed by atoms with Gasteiger partial charge in [-0.05, 0) is 37.1 Å². The molecule has 0 radical (unpaired) electrons. The predicted molar refractivity (Wildman–Crippen MR) is 112 cm³/mol. The fraction of sp³-hybridized carbons (Fsp3) is 0.286. The van der Waals surface area contributed by atoms with Gasteiger partial charge in [-0.15, -0.1) is 11.3 Å². The Morgan fingerprint density at radius 2 is 2.03 bits per heavy atom. The Morgan fingerprint density at radius 1 is 1.24 bits per heavy atom. The zero-order valence-electron chi connectivity index (χ0n) is 15.6. The highest BCUT2D eigenvalue weighted by atomic mass is 35.5. The van der Waals surface area contributed by atoms with E-state index < -0.39 is 5.82 Å². The zero-order valence-corrected chi connectivity index (χ0v) is 17.2. The van der Waals surface area contributed by atoms with E-state index >= 15 is 0 Å². The van der Waals surface area contributed by atoms with Crippen molar-refractivity contribution in [2.75, 3.05) is 13.1 Å². The summed E-state index contributed by atoms with van der Waals surface area (Å²) >= 11 is 7.11. The van der Waals surface area contributed by atoms with Crippen molar-refractivity contribution in [3.05, 3.63) is 62.8 Å². The highest BCUT2D eigenvalue weighted by molar-refractivity contribution is 7.18. The van der Waals surface area contributed by atoms with E-state index in [1.807, 2.05) is 4.90 Å². The van der Waals surface area contributed by atoms with Crippen LogP contribution in [-0.4, -0.2) is 34.8 Å². The largest absolute Gasteiger partial charge is 0.361 e. The van der Waals surface area contributed by atoms with Crippen LogP contribution in [0, 0.1) is 11.2 Å². The van der Waals surface area contributed by atoms with Gasteiger partial charge in [0.05, 0.1) is 9.21 Å². The van der Waals surface area contributed by atoms with E-state index in [1.165, 1.54) is 17.4 Å². The average molecular weight is 432 g/mol. The number of Topliss-reactive ketones (excluding diaryl/α,β-unsaturated/α-hetero) is 1. The third kappa shape index (κ3) is 4.41. The molecule has 3 heterocycles. The lowest BCUT2D eigenvalue weighted by Gasteiger charge is -2.18. The minimum Gasteiger partial charge on any atom is -0.361 e. The van der Waals surface area contributed by atoms with Crippen LogP contribution >= 0.6 is 22.9 Å². The van der Waals surface area contributed by atoms with Crippen LogP contribution in [0.15, 0.2) is 40.9 Å². The zero-order chi connectivity index (χ0) is 20.4. The molecule has 5 nitrogen and oxygen atoms in total. The van der Waals surface area contributed by atoms with Crippen molar-refractivity contribution in [2.45, 2.75) is 25.7 Å². The van der Waals surface area contributed by atoms with Gasteiger partial charge in [0, 0.05) is 43.1 Å². The van der Waals surface area contributed by atoms with Crippen LogP contribution in [0.2, 0.25) is 4.34 Å². The highest BCUT2D eigenvalue weighted by Gasteiger charge is 2.19. The highest BCUT2D eigenvalue weighted by Crippen LogP contribution is 2.26. The van der Waals surface area contributed by atoms with Gasteiger partial charge in [-0.2, -0.15) is 0 Å². The van der Waals surface area contributed by atoms with Gasteiger partial charge in [-0.3, -0.25) is 10.2 Å². The van der Waals surface area contributed by atoms with Crippen molar-refractivity contribution in [1.82, 2.24) is 10.1 Å². The van der Waals surface area contributed by atoms with Gasteiger partial charge in [0.1, 0.15) is 23.1 Å². The molecular formula is C21H19ClFN3O2S. The molecule has 29 heavy (non-hydrogen) atoms. The molecule has 0 spiro atoms.